The van der Waals surface area contributed by atoms with Crippen LogP contribution in [0.5, 0.6) is 0 Å². The van der Waals surface area contributed by atoms with Crippen LogP contribution >= 0.6 is 0 Å². The minimum absolute atomic E-state index is 0.144. The van der Waals surface area contributed by atoms with E-state index in [9.17, 15) is 9.50 Å². The lowest BCUT2D eigenvalue weighted by atomic mass is 9.99. The number of nitrogens with zero attached hydrogens (tertiary/aromatic N) is 1. The molecule has 1 aliphatic heterocycles. The molecule has 4 heteroatoms. The maximum absolute atomic E-state index is 13.9. The Balaban J connectivity index is 1.74. The summed E-state index contributed by atoms with van der Waals surface area (Å²) in [7, 11) is 0. The fraction of sp³-hybridized carbons (Fsp3) is 0.700. The van der Waals surface area contributed by atoms with Gasteiger partial charge in [0.1, 0.15) is 5.82 Å². The summed E-state index contributed by atoms with van der Waals surface area (Å²) < 4.78 is 13.9. The Morgan fingerprint density at radius 1 is 1.08 bits per heavy atom. The molecule has 0 bridgehead atoms. The van der Waals surface area contributed by atoms with Gasteiger partial charge in [0.15, 0.2) is 0 Å². The van der Waals surface area contributed by atoms with Crippen LogP contribution in [0.25, 0.3) is 0 Å². The quantitative estimate of drug-likeness (QED) is 0.812. The maximum atomic E-state index is 13.9. The molecule has 0 aromatic heterocycles. The van der Waals surface area contributed by atoms with Crippen LogP contribution in [0.3, 0.4) is 0 Å². The highest BCUT2D eigenvalue weighted by molar-refractivity contribution is 5.55. The van der Waals surface area contributed by atoms with E-state index in [1.54, 1.807) is 12.1 Å². The largest absolute Gasteiger partial charge is 0.393 e. The van der Waals surface area contributed by atoms with Gasteiger partial charge >= 0.3 is 0 Å². The van der Waals surface area contributed by atoms with Gasteiger partial charge in [0, 0.05) is 30.9 Å². The Labute approximate surface area is 145 Å². The van der Waals surface area contributed by atoms with E-state index in [0.717, 1.165) is 37.2 Å². The first kappa shape index (κ1) is 17.7. The van der Waals surface area contributed by atoms with Crippen LogP contribution in [0.1, 0.15) is 69.9 Å². The summed E-state index contributed by atoms with van der Waals surface area (Å²) in [6.45, 7) is 3.84. The van der Waals surface area contributed by atoms with E-state index in [1.165, 1.54) is 38.5 Å². The van der Waals surface area contributed by atoms with Gasteiger partial charge in [-0.2, -0.15) is 0 Å². The minimum atomic E-state index is -0.188. The van der Waals surface area contributed by atoms with Crippen LogP contribution < -0.4 is 10.2 Å². The number of anilines is 1. The van der Waals surface area contributed by atoms with E-state index in [2.05, 4.69) is 17.1 Å². The van der Waals surface area contributed by atoms with Gasteiger partial charge in [-0.1, -0.05) is 25.7 Å². The van der Waals surface area contributed by atoms with Crippen LogP contribution in [0.15, 0.2) is 18.2 Å². The topological polar surface area (TPSA) is 35.5 Å². The number of aliphatic hydroxyl groups is 1. The zero-order valence-electron chi connectivity index (χ0n) is 14.8. The fourth-order valence-corrected chi connectivity index (χ4v) is 4.16. The van der Waals surface area contributed by atoms with Gasteiger partial charge in [-0.15, -0.1) is 0 Å². The third kappa shape index (κ3) is 4.48. The summed E-state index contributed by atoms with van der Waals surface area (Å²) >= 11 is 0. The molecule has 1 saturated carbocycles. The van der Waals surface area contributed by atoms with Crippen LogP contribution in [0.4, 0.5) is 10.1 Å². The van der Waals surface area contributed by atoms with E-state index >= 15 is 0 Å². The average molecular weight is 334 g/mol. The fourth-order valence-electron chi connectivity index (χ4n) is 4.16. The second kappa shape index (κ2) is 8.30. The molecule has 3 nitrogen and oxygen atoms in total. The minimum Gasteiger partial charge on any atom is -0.393 e. The van der Waals surface area contributed by atoms with E-state index in [0.29, 0.717) is 6.04 Å². The van der Waals surface area contributed by atoms with Crippen molar-refractivity contribution in [2.24, 2.45) is 0 Å². The third-order valence-corrected chi connectivity index (χ3v) is 5.60. The highest BCUT2D eigenvalue weighted by Gasteiger charge is 2.23. The van der Waals surface area contributed by atoms with Gasteiger partial charge in [-0.05, 0) is 56.4 Å². The van der Waals surface area contributed by atoms with Crippen molar-refractivity contribution in [3.05, 3.63) is 29.6 Å². The first-order chi connectivity index (χ1) is 11.6. The molecular formula is C20H31FN2O. The molecule has 1 heterocycles. The number of rotatable bonds is 4. The van der Waals surface area contributed by atoms with Crippen molar-refractivity contribution in [2.45, 2.75) is 76.5 Å². The molecule has 0 amide bonds. The number of piperidine rings is 1. The van der Waals surface area contributed by atoms with Crippen molar-refractivity contribution >= 4 is 5.69 Å². The number of halogens is 1. The van der Waals surface area contributed by atoms with Crippen molar-refractivity contribution in [2.75, 3.05) is 18.0 Å². The smallest absolute Gasteiger partial charge is 0.123 e. The SMILES string of the molecule is CC(NC1CCCCCC1)c1cc(F)ccc1N1CCC(O)CC1. The lowest BCUT2D eigenvalue weighted by Crippen LogP contribution is -2.37. The van der Waals surface area contributed by atoms with Gasteiger partial charge in [-0.25, -0.2) is 4.39 Å². The molecule has 1 saturated heterocycles. The molecule has 0 radical (unpaired) electrons. The number of hydrogen-bond donors (Lipinski definition) is 2. The second-order valence-electron chi connectivity index (χ2n) is 7.50. The maximum Gasteiger partial charge on any atom is 0.123 e. The predicted molar refractivity (Wildman–Crippen MR) is 96.9 cm³/mol. The molecule has 24 heavy (non-hydrogen) atoms. The lowest BCUT2D eigenvalue weighted by molar-refractivity contribution is 0.145. The summed E-state index contributed by atoms with van der Waals surface area (Å²) in [6.07, 6.45) is 9.13. The molecule has 1 aromatic rings. The number of hydrogen-bond acceptors (Lipinski definition) is 3. The van der Waals surface area contributed by atoms with Crippen LogP contribution in [-0.2, 0) is 0 Å². The van der Waals surface area contributed by atoms with Crippen molar-refractivity contribution in [1.82, 2.24) is 5.32 Å². The summed E-state index contributed by atoms with van der Waals surface area (Å²) in [6, 6.07) is 5.84. The van der Waals surface area contributed by atoms with Crippen molar-refractivity contribution in [1.29, 1.82) is 0 Å². The zero-order valence-corrected chi connectivity index (χ0v) is 14.8. The molecule has 1 unspecified atom stereocenters. The van der Waals surface area contributed by atoms with Gasteiger partial charge < -0.3 is 15.3 Å². The number of benzene rings is 1. The summed E-state index contributed by atoms with van der Waals surface area (Å²) in [5, 5.41) is 13.5. The van der Waals surface area contributed by atoms with E-state index < -0.39 is 0 Å². The molecule has 134 valence electrons. The Kier molecular flexibility index (Phi) is 6.12. The lowest BCUT2D eigenvalue weighted by Gasteiger charge is -2.34. The normalized spacial score (nSPS) is 22.4. The Hall–Kier alpha value is -1.13. The Bertz CT molecular complexity index is 520. The molecule has 3 rings (SSSR count). The molecular weight excluding hydrogens is 303 g/mol. The number of nitrogens with one attached hydrogen (secondary N) is 1. The van der Waals surface area contributed by atoms with E-state index in [-0.39, 0.29) is 18.0 Å². The molecule has 2 N–H and O–H groups in total. The molecule has 2 aliphatic rings. The van der Waals surface area contributed by atoms with Gasteiger partial charge in [0.25, 0.3) is 0 Å². The molecule has 1 aromatic carbocycles. The second-order valence-corrected chi connectivity index (χ2v) is 7.50. The highest BCUT2D eigenvalue weighted by Crippen LogP contribution is 2.31. The first-order valence-corrected chi connectivity index (χ1v) is 9.62. The standard InChI is InChI=1S/C20H31FN2O/c1-15(22-17-6-4-2-3-5-7-17)19-14-16(21)8-9-20(19)23-12-10-18(24)11-13-23/h8-9,14-15,17-18,22,24H,2-7,10-13H2,1H3. The van der Waals surface area contributed by atoms with Gasteiger partial charge in [0.2, 0.25) is 0 Å². The van der Waals surface area contributed by atoms with Gasteiger partial charge in [0.05, 0.1) is 6.10 Å². The van der Waals surface area contributed by atoms with Crippen molar-refractivity contribution in [3.63, 3.8) is 0 Å². The van der Waals surface area contributed by atoms with E-state index in [1.807, 2.05) is 6.07 Å². The van der Waals surface area contributed by atoms with Crippen molar-refractivity contribution < 1.29 is 9.50 Å². The van der Waals surface area contributed by atoms with Crippen LogP contribution in [0, 0.1) is 5.82 Å². The van der Waals surface area contributed by atoms with E-state index in [4.69, 9.17) is 0 Å². The van der Waals surface area contributed by atoms with Crippen LogP contribution in [0.2, 0.25) is 0 Å². The molecule has 1 aliphatic carbocycles. The Morgan fingerprint density at radius 3 is 2.42 bits per heavy atom. The van der Waals surface area contributed by atoms with Crippen LogP contribution in [-0.4, -0.2) is 30.3 Å². The molecule has 1 atom stereocenters. The monoisotopic (exact) mass is 334 g/mol. The molecule has 2 fully saturated rings. The summed E-state index contributed by atoms with van der Waals surface area (Å²) in [5.74, 6) is -0.166. The Morgan fingerprint density at radius 2 is 1.75 bits per heavy atom. The average Bonchev–Trinajstić information content (AvgIpc) is 2.84. The zero-order chi connectivity index (χ0) is 16.9. The first-order valence-electron chi connectivity index (χ1n) is 9.62. The number of aliphatic hydroxyl groups excluding tert-OH is 1. The van der Waals surface area contributed by atoms with Crippen molar-refractivity contribution in [3.8, 4) is 0 Å². The molecule has 0 spiro atoms. The predicted octanol–water partition coefficient (Wildman–Crippen LogP) is 4.16. The highest BCUT2D eigenvalue weighted by atomic mass is 19.1. The summed E-state index contributed by atoms with van der Waals surface area (Å²) in [5.41, 5.74) is 2.17. The third-order valence-electron chi connectivity index (χ3n) is 5.60. The van der Waals surface area contributed by atoms with Gasteiger partial charge in [-0.3, -0.25) is 0 Å². The summed E-state index contributed by atoms with van der Waals surface area (Å²) in [4.78, 5) is 2.30.